The van der Waals surface area contributed by atoms with Gasteiger partial charge in [0.25, 0.3) is 5.91 Å². The Labute approximate surface area is 108 Å². The zero-order valence-electron chi connectivity index (χ0n) is 10.2. The van der Waals surface area contributed by atoms with Crippen LogP contribution in [-0.2, 0) is 6.42 Å². The summed E-state index contributed by atoms with van der Waals surface area (Å²) in [5, 5.41) is 8.94. The Morgan fingerprint density at radius 3 is 2.94 bits per heavy atom. The van der Waals surface area contributed by atoms with Crippen molar-refractivity contribution in [1.82, 2.24) is 15.2 Å². The van der Waals surface area contributed by atoms with E-state index in [1.54, 1.807) is 23.3 Å². The molecule has 2 heterocycles. The summed E-state index contributed by atoms with van der Waals surface area (Å²) in [6, 6.07) is 4.09. The number of carbonyl (C=O) groups excluding carboxylic acids is 1. The van der Waals surface area contributed by atoms with Gasteiger partial charge in [-0.3, -0.25) is 4.79 Å². The average Bonchev–Trinajstić information content (AvgIpc) is 2.98. The Balaban J connectivity index is 2.05. The number of aromatic nitrogens is 2. The van der Waals surface area contributed by atoms with Crippen molar-refractivity contribution < 1.29 is 9.42 Å². The van der Waals surface area contributed by atoms with Crippen LogP contribution in [0.25, 0.3) is 0 Å². The quantitative estimate of drug-likeness (QED) is 0.904. The number of nitrogens with two attached hydrogens (primary N) is 1. The van der Waals surface area contributed by atoms with Crippen LogP contribution in [0.3, 0.4) is 0 Å². The van der Waals surface area contributed by atoms with Crippen molar-refractivity contribution in [3.63, 3.8) is 0 Å². The Morgan fingerprint density at radius 1 is 1.61 bits per heavy atom. The molecule has 0 aliphatic rings. The molecule has 96 valence electrons. The van der Waals surface area contributed by atoms with Crippen molar-refractivity contribution in [2.75, 3.05) is 12.8 Å². The number of hydrogen-bond donors (Lipinski definition) is 1. The monoisotopic (exact) mass is 266 g/mol. The molecule has 0 fully saturated rings. The minimum Gasteiger partial charge on any atom is -0.379 e. The fourth-order valence-corrected chi connectivity index (χ4v) is 2.39. The van der Waals surface area contributed by atoms with Crippen molar-refractivity contribution >= 4 is 23.1 Å². The highest BCUT2D eigenvalue weighted by Crippen LogP contribution is 2.16. The molecule has 0 bridgehead atoms. The maximum absolute atomic E-state index is 12.1. The molecular weight excluding hydrogens is 252 g/mol. The van der Waals surface area contributed by atoms with Gasteiger partial charge in [0.15, 0.2) is 0 Å². The molecule has 0 spiro atoms. The van der Waals surface area contributed by atoms with E-state index in [9.17, 15) is 4.79 Å². The maximum Gasteiger partial charge on any atom is 0.280 e. The molecule has 0 saturated carbocycles. The first kappa shape index (κ1) is 12.6. The second kappa shape index (κ2) is 5.18. The molecule has 0 aliphatic carbocycles. The minimum absolute atomic E-state index is 0.0233. The van der Waals surface area contributed by atoms with Gasteiger partial charge in [-0.1, -0.05) is 6.07 Å². The van der Waals surface area contributed by atoms with Crippen LogP contribution in [0.5, 0.6) is 0 Å². The third kappa shape index (κ3) is 2.51. The van der Waals surface area contributed by atoms with Gasteiger partial charge in [-0.2, -0.15) is 0 Å². The number of anilines is 1. The first-order valence-corrected chi connectivity index (χ1v) is 6.35. The summed E-state index contributed by atoms with van der Waals surface area (Å²) in [6.45, 7) is 1.97. The highest BCUT2D eigenvalue weighted by Gasteiger charge is 2.23. The van der Waals surface area contributed by atoms with E-state index in [0.717, 1.165) is 6.42 Å². The third-order valence-electron chi connectivity index (χ3n) is 2.77. The second-order valence-corrected chi connectivity index (χ2v) is 5.08. The summed E-state index contributed by atoms with van der Waals surface area (Å²) < 4.78 is 4.43. The van der Waals surface area contributed by atoms with Crippen LogP contribution in [0.1, 0.15) is 22.3 Å². The number of rotatable bonds is 4. The Hall–Kier alpha value is -1.89. The van der Waals surface area contributed by atoms with Crippen molar-refractivity contribution in [1.29, 1.82) is 0 Å². The molecule has 18 heavy (non-hydrogen) atoms. The van der Waals surface area contributed by atoms with E-state index in [1.807, 2.05) is 24.4 Å². The highest BCUT2D eigenvalue weighted by molar-refractivity contribution is 7.09. The Morgan fingerprint density at radius 2 is 2.39 bits per heavy atom. The number of hydrogen-bond acceptors (Lipinski definition) is 6. The van der Waals surface area contributed by atoms with Crippen LogP contribution >= 0.6 is 11.3 Å². The molecule has 2 aromatic rings. The van der Waals surface area contributed by atoms with Crippen LogP contribution in [0, 0.1) is 0 Å². The maximum atomic E-state index is 12.1. The minimum atomic E-state index is -0.280. The normalized spacial score (nSPS) is 12.3. The summed E-state index contributed by atoms with van der Waals surface area (Å²) in [7, 11) is 1.72. The summed E-state index contributed by atoms with van der Waals surface area (Å²) in [4.78, 5) is 14.9. The number of nitrogen functional groups attached to an aromatic ring is 1. The molecule has 2 rings (SSSR count). The van der Waals surface area contributed by atoms with E-state index < -0.39 is 0 Å². The molecule has 0 aromatic carbocycles. The van der Waals surface area contributed by atoms with Crippen LogP contribution < -0.4 is 5.73 Å². The van der Waals surface area contributed by atoms with Gasteiger partial charge in [-0.15, -0.1) is 11.3 Å². The fraction of sp³-hybridized carbons (Fsp3) is 0.364. The molecule has 1 atom stereocenters. The van der Waals surface area contributed by atoms with Crippen molar-refractivity contribution in [3.8, 4) is 0 Å². The summed E-state index contributed by atoms with van der Waals surface area (Å²) in [6.07, 6.45) is 0.797. The molecular formula is C11H14N4O2S. The number of nitrogens with zero attached hydrogens (tertiary/aromatic N) is 3. The predicted molar refractivity (Wildman–Crippen MR) is 68.3 cm³/mol. The van der Waals surface area contributed by atoms with Gasteiger partial charge < -0.3 is 10.6 Å². The van der Waals surface area contributed by atoms with E-state index in [0.29, 0.717) is 0 Å². The first-order chi connectivity index (χ1) is 8.59. The van der Waals surface area contributed by atoms with Crippen molar-refractivity contribution in [2.45, 2.75) is 19.4 Å². The molecule has 0 aliphatic heterocycles. The second-order valence-electron chi connectivity index (χ2n) is 4.05. The van der Waals surface area contributed by atoms with E-state index in [2.05, 4.69) is 14.9 Å². The lowest BCUT2D eigenvalue weighted by Gasteiger charge is -2.23. The van der Waals surface area contributed by atoms with Crippen LogP contribution in [-0.4, -0.2) is 34.2 Å². The number of likely N-dealkylation sites (N-methyl/N-ethyl adjacent to an activating group) is 1. The van der Waals surface area contributed by atoms with Gasteiger partial charge in [0.1, 0.15) is 0 Å². The molecule has 2 N–H and O–H groups in total. The smallest absolute Gasteiger partial charge is 0.280 e. The lowest BCUT2D eigenvalue weighted by atomic mass is 10.2. The first-order valence-electron chi connectivity index (χ1n) is 5.47. The Bertz CT molecular complexity index is 523. The SMILES string of the molecule is CC(Cc1cccs1)N(C)C(=O)c1nonc1N. The molecule has 0 radical (unpaired) electrons. The molecule has 1 amide bonds. The molecule has 0 saturated heterocycles. The van der Waals surface area contributed by atoms with Gasteiger partial charge in [0.05, 0.1) is 0 Å². The summed E-state index contributed by atoms with van der Waals surface area (Å²) >= 11 is 1.67. The lowest BCUT2D eigenvalue weighted by Crippen LogP contribution is -2.36. The van der Waals surface area contributed by atoms with Crippen LogP contribution in [0.4, 0.5) is 5.82 Å². The van der Waals surface area contributed by atoms with Gasteiger partial charge in [-0.25, -0.2) is 4.63 Å². The van der Waals surface area contributed by atoms with Gasteiger partial charge in [0, 0.05) is 24.4 Å². The average molecular weight is 266 g/mol. The highest BCUT2D eigenvalue weighted by atomic mass is 32.1. The largest absolute Gasteiger partial charge is 0.379 e. The van der Waals surface area contributed by atoms with E-state index in [1.165, 1.54) is 4.88 Å². The van der Waals surface area contributed by atoms with Gasteiger partial charge in [-0.05, 0) is 28.7 Å². The van der Waals surface area contributed by atoms with Crippen molar-refractivity contribution in [2.24, 2.45) is 0 Å². The fourth-order valence-electron chi connectivity index (χ4n) is 1.57. The van der Waals surface area contributed by atoms with Crippen LogP contribution in [0.15, 0.2) is 22.1 Å². The third-order valence-corrected chi connectivity index (χ3v) is 3.67. The van der Waals surface area contributed by atoms with Crippen molar-refractivity contribution in [3.05, 3.63) is 28.1 Å². The standard InChI is InChI=1S/C11H14N4O2S/c1-7(6-8-4-3-5-18-8)15(2)11(16)9-10(12)14-17-13-9/h3-5,7H,6H2,1-2H3,(H2,12,14). The van der Waals surface area contributed by atoms with E-state index in [4.69, 9.17) is 5.73 Å². The topological polar surface area (TPSA) is 85.2 Å². The van der Waals surface area contributed by atoms with Crippen LogP contribution in [0.2, 0.25) is 0 Å². The molecule has 7 heteroatoms. The number of thiophene rings is 1. The van der Waals surface area contributed by atoms with E-state index in [-0.39, 0.29) is 23.5 Å². The summed E-state index contributed by atoms with van der Waals surface area (Å²) in [5.41, 5.74) is 5.57. The number of amides is 1. The number of carbonyl (C=O) groups is 1. The zero-order valence-corrected chi connectivity index (χ0v) is 11.0. The summed E-state index contributed by atoms with van der Waals surface area (Å²) in [5.74, 6) is -0.257. The predicted octanol–water partition coefficient (Wildman–Crippen LogP) is 1.42. The zero-order chi connectivity index (χ0) is 13.1. The van der Waals surface area contributed by atoms with Gasteiger partial charge >= 0.3 is 0 Å². The molecule has 6 nitrogen and oxygen atoms in total. The molecule has 2 aromatic heterocycles. The van der Waals surface area contributed by atoms with E-state index >= 15 is 0 Å². The Kier molecular flexibility index (Phi) is 3.61. The van der Waals surface area contributed by atoms with Gasteiger partial charge in [0.2, 0.25) is 11.5 Å². The molecule has 1 unspecified atom stereocenters. The lowest BCUT2D eigenvalue weighted by molar-refractivity contribution is 0.0733.